The number of hydrogen-bond acceptors (Lipinski definition) is 5. The number of hydrogen-bond donors (Lipinski definition) is 1. The number of carbonyl (C=O) groups excluding carboxylic acids is 1. The molecule has 0 bridgehead atoms. The third kappa shape index (κ3) is 3.56. The van der Waals surface area contributed by atoms with Crippen molar-refractivity contribution in [2.24, 2.45) is 0 Å². The molecule has 0 spiro atoms. The lowest BCUT2D eigenvalue weighted by molar-refractivity contribution is -0.113. The van der Waals surface area contributed by atoms with Gasteiger partial charge in [0.15, 0.2) is 0 Å². The number of nitrogens with one attached hydrogen (secondary N) is 1. The van der Waals surface area contributed by atoms with Crippen LogP contribution in [-0.2, 0) is 17.6 Å². The molecular formula is C18H15Cl2N3OS2. The molecule has 4 nitrogen and oxygen atoms in total. The number of thiophene rings is 1. The maximum Gasteiger partial charge on any atom is 0.234 e. The lowest BCUT2D eigenvalue weighted by Gasteiger charge is -2.12. The Morgan fingerprint density at radius 2 is 1.96 bits per heavy atom. The summed E-state index contributed by atoms with van der Waals surface area (Å²) in [7, 11) is 0. The van der Waals surface area contributed by atoms with E-state index in [0.29, 0.717) is 15.7 Å². The zero-order chi connectivity index (χ0) is 18.1. The van der Waals surface area contributed by atoms with Gasteiger partial charge in [-0.25, -0.2) is 9.97 Å². The van der Waals surface area contributed by atoms with Crippen LogP contribution in [0.5, 0.6) is 0 Å². The van der Waals surface area contributed by atoms with Gasteiger partial charge in [-0.1, -0.05) is 41.0 Å². The quantitative estimate of drug-likeness (QED) is 0.437. The van der Waals surface area contributed by atoms with Crippen molar-refractivity contribution in [1.82, 2.24) is 9.97 Å². The van der Waals surface area contributed by atoms with E-state index in [9.17, 15) is 4.79 Å². The van der Waals surface area contributed by atoms with E-state index in [0.717, 1.165) is 28.1 Å². The summed E-state index contributed by atoms with van der Waals surface area (Å²) in [6.07, 6.45) is 6.19. The minimum Gasteiger partial charge on any atom is -0.323 e. The summed E-state index contributed by atoms with van der Waals surface area (Å²) < 4.78 is 0. The van der Waals surface area contributed by atoms with E-state index in [1.54, 1.807) is 35.9 Å². The molecular weight excluding hydrogens is 409 g/mol. The highest BCUT2D eigenvalue weighted by atomic mass is 35.5. The van der Waals surface area contributed by atoms with E-state index in [2.05, 4.69) is 15.3 Å². The molecule has 1 aliphatic carbocycles. The number of rotatable bonds is 4. The fraction of sp³-hybridized carbons (Fsp3) is 0.278. The van der Waals surface area contributed by atoms with Crippen molar-refractivity contribution in [1.29, 1.82) is 0 Å². The average molecular weight is 424 g/mol. The molecule has 3 aromatic rings. The SMILES string of the molecule is O=C(CSc1ncnc2sc3c(c12)CCCC3)Nc1c(Cl)cccc1Cl. The normalized spacial score (nSPS) is 13.6. The van der Waals surface area contributed by atoms with Gasteiger partial charge in [-0.05, 0) is 43.4 Å². The van der Waals surface area contributed by atoms with Gasteiger partial charge in [-0.3, -0.25) is 4.79 Å². The third-order valence-corrected chi connectivity index (χ3v) is 7.10. The van der Waals surface area contributed by atoms with E-state index in [1.165, 1.54) is 35.0 Å². The second-order valence-corrected chi connectivity index (χ2v) is 8.87. The fourth-order valence-corrected chi connectivity index (χ4v) is 5.71. The monoisotopic (exact) mass is 423 g/mol. The van der Waals surface area contributed by atoms with Crippen LogP contribution in [-0.4, -0.2) is 21.6 Å². The predicted octanol–water partition coefficient (Wildman–Crippen LogP) is 5.61. The Balaban J connectivity index is 1.53. The van der Waals surface area contributed by atoms with Crippen LogP contribution in [0.15, 0.2) is 29.6 Å². The number of thioether (sulfide) groups is 1. The molecule has 0 aliphatic heterocycles. The van der Waals surface area contributed by atoms with Crippen LogP contribution in [0.3, 0.4) is 0 Å². The summed E-state index contributed by atoms with van der Waals surface area (Å²) in [6, 6.07) is 5.13. The minimum absolute atomic E-state index is 0.166. The smallest absolute Gasteiger partial charge is 0.234 e. The van der Waals surface area contributed by atoms with Crippen molar-refractivity contribution in [3.05, 3.63) is 45.0 Å². The zero-order valence-corrected chi connectivity index (χ0v) is 16.9. The molecule has 2 aromatic heterocycles. The Morgan fingerprint density at radius 3 is 2.77 bits per heavy atom. The van der Waals surface area contributed by atoms with E-state index in [1.807, 2.05) is 0 Å². The number of amides is 1. The number of para-hydroxylation sites is 1. The van der Waals surface area contributed by atoms with Crippen molar-refractivity contribution in [3.63, 3.8) is 0 Å². The van der Waals surface area contributed by atoms with Crippen LogP contribution in [0.2, 0.25) is 10.0 Å². The van der Waals surface area contributed by atoms with Gasteiger partial charge in [-0.2, -0.15) is 0 Å². The molecule has 2 heterocycles. The summed E-state index contributed by atoms with van der Waals surface area (Å²) in [6.45, 7) is 0. The van der Waals surface area contributed by atoms with E-state index < -0.39 is 0 Å². The van der Waals surface area contributed by atoms with Crippen molar-refractivity contribution in [2.75, 3.05) is 11.1 Å². The second-order valence-electron chi connectivity index (χ2n) is 6.00. The topological polar surface area (TPSA) is 54.9 Å². The number of halogens is 2. The van der Waals surface area contributed by atoms with Gasteiger partial charge in [0.1, 0.15) is 16.2 Å². The first-order valence-electron chi connectivity index (χ1n) is 8.25. The molecule has 0 saturated heterocycles. The summed E-state index contributed by atoms with van der Waals surface area (Å²) in [5.41, 5.74) is 1.82. The lowest BCUT2D eigenvalue weighted by Crippen LogP contribution is -2.14. The van der Waals surface area contributed by atoms with Crippen LogP contribution in [0.25, 0.3) is 10.2 Å². The molecule has 0 fully saturated rings. The molecule has 1 N–H and O–H groups in total. The summed E-state index contributed by atoms with van der Waals surface area (Å²) >= 11 is 15.4. The highest BCUT2D eigenvalue weighted by molar-refractivity contribution is 8.00. The first-order chi connectivity index (χ1) is 12.6. The Morgan fingerprint density at radius 1 is 1.19 bits per heavy atom. The van der Waals surface area contributed by atoms with Gasteiger partial charge in [0.05, 0.1) is 21.5 Å². The predicted molar refractivity (Wildman–Crippen MR) is 110 cm³/mol. The zero-order valence-electron chi connectivity index (χ0n) is 13.7. The van der Waals surface area contributed by atoms with Gasteiger partial charge >= 0.3 is 0 Å². The molecule has 1 amide bonds. The van der Waals surface area contributed by atoms with Crippen molar-refractivity contribution in [3.8, 4) is 0 Å². The number of benzene rings is 1. The molecule has 0 saturated carbocycles. The van der Waals surface area contributed by atoms with Crippen molar-refractivity contribution >= 4 is 68.1 Å². The Hall–Kier alpha value is -1.34. The van der Waals surface area contributed by atoms with Crippen molar-refractivity contribution in [2.45, 2.75) is 30.7 Å². The molecule has 26 heavy (non-hydrogen) atoms. The van der Waals surface area contributed by atoms with Gasteiger partial charge < -0.3 is 5.32 Å². The highest BCUT2D eigenvalue weighted by Crippen LogP contribution is 2.39. The molecule has 0 radical (unpaired) electrons. The van der Waals surface area contributed by atoms with Crippen LogP contribution < -0.4 is 5.32 Å². The molecule has 134 valence electrons. The van der Waals surface area contributed by atoms with Gasteiger partial charge in [0.2, 0.25) is 5.91 Å². The second kappa shape index (κ2) is 7.72. The van der Waals surface area contributed by atoms with Crippen molar-refractivity contribution < 1.29 is 4.79 Å². The summed E-state index contributed by atoms with van der Waals surface area (Å²) in [5, 5.41) is 5.63. The van der Waals surface area contributed by atoms with E-state index in [-0.39, 0.29) is 11.7 Å². The Bertz CT molecular complexity index is 970. The Labute approximate surface area is 169 Å². The van der Waals surface area contributed by atoms with E-state index >= 15 is 0 Å². The largest absolute Gasteiger partial charge is 0.323 e. The highest BCUT2D eigenvalue weighted by Gasteiger charge is 2.20. The number of aromatic nitrogens is 2. The Kier molecular flexibility index (Phi) is 5.36. The van der Waals surface area contributed by atoms with Crippen LogP contribution >= 0.6 is 46.3 Å². The van der Waals surface area contributed by atoms with Crippen LogP contribution in [0, 0.1) is 0 Å². The number of nitrogens with zero attached hydrogens (tertiary/aromatic N) is 2. The van der Waals surface area contributed by atoms with Gasteiger partial charge in [-0.15, -0.1) is 11.3 Å². The third-order valence-electron chi connectivity index (χ3n) is 4.28. The molecule has 4 rings (SSSR count). The first kappa shape index (κ1) is 18.0. The van der Waals surface area contributed by atoms with Crippen LogP contribution in [0.4, 0.5) is 5.69 Å². The molecule has 0 unspecified atom stereocenters. The van der Waals surface area contributed by atoms with Gasteiger partial charge in [0, 0.05) is 10.3 Å². The standard InChI is InChI=1S/C18H15Cl2N3OS2/c19-11-5-3-6-12(20)16(11)23-14(24)8-25-17-15-10-4-1-2-7-13(10)26-18(15)22-9-21-17/h3,5-6,9H,1-2,4,7-8H2,(H,23,24). The number of aryl methyl sites for hydroxylation is 2. The van der Waals surface area contributed by atoms with Gasteiger partial charge in [0.25, 0.3) is 0 Å². The van der Waals surface area contributed by atoms with E-state index in [4.69, 9.17) is 23.2 Å². The molecule has 0 atom stereocenters. The minimum atomic E-state index is -0.166. The number of carbonyl (C=O) groups is 1. The first-order valence-corrected chi connectivity index (χ1v) is 10.8. The number of anilines is 1. The molecule has 1 aromatic carbocycles. The summed E-state index contributed by atoms with van der Waals surface area (Å²) in [5.74, 6) is 0.0685. The molecule has 1 aliphatic rings. The molecule has 8 heteroatoms. The lowest BCUT2D eigenvalue weighted by atomic mass is 9.97. The maximum atomic E-state index is 12.4. The average Bonchev–Trinajstić information content (AvgIpc) is 3.02. The maximum absolute atomic E-state index is 12.4. The van der Waals surface area contributed by atoms with Crippen LogP contribution in [0.1, 0.15) is 23.3 Å². The number of fused-ring (bicyclic) bond motifs is 3. The summed E-state index contributed by atoms with van der Waals surface area (Å²) in [4.78, 5) is 23.6. The fourth-order valence-electron chi connectivity index (χ4n) is 3.10.